The zero-order chi connectivity index (χ0) is 15.5. The van der Waals surface area contributed by atoms with Gasteiger partial charge < -0.3 is 9.84 Å². The Kier molecular flexibility index (Phi) is 4.97. The lowest BCUT2D eigenvalue weighted by molar-refractivity contribution is 0.0526. The summed E-state index contributed by atoms with van der Waals surface area (Å²) >= 11 is 0. The van der Waals surface area contributed by atoms with Crippen LogP contribution in [-0.4, -0.2) is 49.6 Å². The van der Waals surface area contributed by atoms with E-state index in [1.165, 1.54) is 28.6 Å². The Bertz CT molecular complexity index is 596. The number of hydrogen-bond donors (Lipinski definition) is 1. The molecule has 116 valence electrons. The van der Waals surface area contributed by atoms with Gasteiger partial charge >= 0.3 is 5.97 Å². The molecule has 1 aliphatic heterocycles. The summed E-state index contributed by atoms with van der Waals surface area (Å²) in [5.41, 5.74) is 0.316. The van der Waals surface area contributed by atoms with Crippen LogP contribution in [0.2, 0.25) is 0 Å². The fourth-order valence-corrected chi connectivity index (χ4v) is 4.11. The number of nitrogens with zero attached hydrogens (tertiary/aromatic N) is 1. The molecule has 0 spiro atoms. The third kappa shape index (κ3) is 3.25. The number of benzene rings is 1. The zero-order valence-electron chi connectivity index (χ0n) is 11.9. The molecule has 7 heteroatoms. The van der Waals surface area contributed by atoms with Gasteiger partial charge in [-0.3, -0.25) is 0 Å². The number of rotatable bonds is 5. The van der Waals surface area contributed by atoms with E-state index in [0.717, 1.165) is 6.42 Å². The summed E-state index contributed by atoms with van der Waals surface area (Å²) in [6.07, 6.45) is 1.40. The molecule has 0 aliphatic carbocycles. The van der Waals surface area contributed by atoms with E-state index in [9.17, 15) is 18.3 Å². The molecule has 0 aromatic heterocycles. The minimum atomic E-state index is -3.63. The molecule has 1 atom stereocenters. The number of sulfonamides is 1. The van der Waals surface area contributed by atoms with Crippen LogP contribution in [0.5, 0.6) is 0 Å². The molecular weight excluding hydrogens is 294 g/mol. The highest BCUT2D eigenvalue weighted by molar-refractivity contribution is 7.89. The third-order valence-electron chi connectivity index (χ3n) is 3.51. The SMILES string of the molecule is CCOC(=O)c1ccc(S(=O)(=O)N2CCCC2CO)cc1. The highest BCUT2D eigenvalue weighted by Gasteiger charge is 2.34. The molecule has 1 aliphatic rings. The van der Waals surface area contributed by atoms with E-state index in [-0.39, 0.29) is 24.2 Å². The number of aliphatic hydroxyl groups excluding tert-OH is 1. The molecule has 1 N–H and O–H groups in total. The highest BCUT2D eigenvalue weighted by Crippen LogP contribution is 2.26. The van der Waals surface area contributed by atoms with Crippen LogP contribution in [-0.2, 0) is 14.8 Å². The zero-order valence-corrected chi connectivity index (χ0v) is 12.7. The van der Waals surface area contributed by atoms with E-state index < -0.39 is 16.0 Å². The first-order valence-electron chi connectivity index (χ1n) is 6.90. The number of carbonyl (C=O) groups is 1. The fourth-order valence-electron chi connectivity index (χ4n) is 2.42. The molecule has 6 nitrogen and oxygen atoms in total. The average Bonchev–Trinajstić information content (AvgIpc) is 2.97. The molecule has 2 rings (SSSR count). The number of carbonyl (C=O) groups excluding carboxylic acids is 1. The summed E-state index contributed by atoms with van der Waals surface area (Å²) in [4.78, 5) is 11.7. The molecule has 0 saturated carbocycles. The maximum atomic E-state index is 12.5. The number of ether oxygens (including phenoxy) is 1. The van der Waals surface area contributed by atoms with Crippen molar-refractivity contribution in [3.63, 3.8) is 0 Å². The maximum Gasteiger partial charge on any atom is 0.338 e. The van der Waals surface area contributed by atoms with Crippen molar-refractivity contribution < 1.29 is 23.1 Å². The molecule has 1 fully saturated rings. The van der Waals surface area contributed by atoms with E-state index in [2.05, 4.69) is 0 Å². The van der Waals surface area contributed by atoms with Crippen LogP contribution in [0.15, 0.2) is 29.2 Å². The van der Waals surface area contributed by atoms with Gasteiger partial charge in [0.2, 0.25) is 10.0 Å². The van der Waals surface area contributed by atoms with Crippen molar-refractivity contribution in [1.82, 2.24) is 4.31 Å². The Hall–Kier alpha value is -1.44. The van der Waals surface area contributed by atoms with Gasteiger partial charge in [-0.05, 0) is 44.0 Å². The van der Waals surface area contributed by atoms with Crippen molar-refractivity contribution in [3.8, 4) is 0 Å². The number of hydrogen-bond acceptors (Lipinski definition) is 5. The minimum Gasteiger partial charge on any atom is -0.462 e. The molecule has 1 aromatic carbocycles. The lowest BCUT2D eigenvalue weighted by atomic mass is 10.2. The van der Waals surface area contributed by atoms with Gasteiger partial charge in [0.25, 0.3) is 0 Å². The Morgan fingerprint density at radius 1 is 1.38 bits per heavy atom. The van der Waals surface area contributed by atoms with Gasteiger partial charge in [-0.1, -0.05) is 0 Å². The van der Waals surface area contributed by atoms with Crippen molar-refractivity contribution in [1.29, 1.82) is 0 Å². The van der Waals surface area contributed by atoms with Crippen LogP contribution in [0.1, 0.15) is 30.1 Å². The normalized spacial score (nSPS) is 19.6. The van der Waals surface area contributed by atoms with Crippen molar-refractivity contribution in [2.45, 2.75) is 30.7 Å². The number of aliphatic hydroxyl groups is 1. The van der Waals surface area contributed by atoms with Crippen LogP contribution in [0.4, 0.5) is 0 Å². The molecule has 1 unspecified atom stereocenters. The molecule has 21 heavy (non-hydrogen) atoms. The van der Waals surface area contributed by atoms with Gasteiger partial charge in [0.1, 0.15) is 0 Å². The lowest BCUT2D eigenvalue weighted by Crippen LogP contribution is -2.37. The summed E-state index contributed by atoms with van der Waals surface area (Å²) < 4.78 is 31.2. The van der Waals surface area contributed by atoms with E-state index >= 15 is 0 Å². The Morgan fingerprint density at radius 2 is 2.05 bits per heavy atom. The van der Waals surface area contributed by atoms with E-state index in [1.54, 1.807) is 6.92 Å². The Labute approximate surface area is 124 Å². The summed E-state index contributed by atoms with van der Waals surface area (Å²) in [6, 6.07) is 5.31. The second-order valence-corrected chi connectivity index (χ2v) is 6.73. The van der Waals surface area contributed by atoms with Crippen LogP contribution in [0, 0.1) is 0 Å². The fraction of sp³-hybridized carbons (Fsp3) is 0.500. The van der Waals surface area contributed by atoms with Crippen molar-refractivity contribution in [2.75, 3.05) is 19.8 Å². The van der Waals surface area contributed by atoms with Gasteiger partial charge in [-0.25, -0.2) is 13.2 Å². The van der Waals surface area contributed by atoms with Gasteiger partial charge in [0.15, 0.2) is 0 Å². The van der Waals surface area contributed by atoms with Gasteiger partial charge in [-0.2, -0.15) is 4.31 Å². The smallest absolute Gasteiger partial charge is 0.338 e. The summed E-state index contributed by atoms with van der Waals surface area (Å²) in [7, 11) is -3.63. The van der Waals surface area contributed by atoms with Crippen LogP contribution < -0.4 is 0 Å². The monoisotopic (exact) mass is 313 g/mol. The number of esters is 1. The second-order valence-electron chi connectivity index (χ2n) is 4.84. The van der Waals surface area contributed by atoms with Crippen LogP contribution >= 0.6 is 0 Å². The molecule has 0 radical (unpaired) electrons. The molecule has 0 amide bonds. The Balaban J connectivity index is 2.23. The summed E-state index contributed by atoms with van der Waals surface area (Å²) in [6.45, 7) is 2.21. The van der Waals surface area contributed by atoms with Gasteiger partial charge in [-0.15, -0.1) is 0 Å². The largest absolute Gasteiger partial charge is 0.462 e. The van der Waals surface area contributed by atoms with Gasteiger partial charge in [0.05, 0.1) is 23.7 Å². The van der Waals surface area contributed by atoms with Crippen molar-refractivity contribution >= 4 is 16.0 Å². The van der Waals surface area contributed by atoms with Crippen LogP contribution in [0.25, 0.3) is 0 Å². The van der Waals surface area contributed by atoms with Crippen molar-refractivity contribution in [2.24, 2.45) is 0 Å². The minimum absolute atomic E-state index is 0.121. The molecular formula is C14H19NO5S. The third-order valence-corrected chi connectivity index (χ3v) is 5.47. The topological polar surface area (TPSA) is 83.9 Å². The van der Waals surface area contributed by atoms with Crippen molar-refractivity contribution in [3.05, 3.63) is 29.8 Å². The highest BCUT2D eigenvalue weighted by atomic mass is 32.2. The van der Waals surface area contributed by atoms with E-state index in [0.29, 0.717) is 18.5 Å². The first-order chi connectivity index (χ1) is 10.0. The first kappa shape index (κ1) is 15.9. The maximum absolute atomic E-state index is 12.5. The lowest BCUT2D eigenvalue weighted by Gasteiger charge is -2.22. The van der Waals surface area contributed by atoms with Crippen LogP contribution in [0.3, 0.4) is 0 Å². The van der Waals surface area contributed by atoms with E-state index in [4.69, 9.17) is 4.74 Å². The predicted octanol–water partition coefficient (Wildman–Crippen LogP) is 1.01. The molecule has 0 bridgehead atoms. The quantitative estimate of drug-likeness (QED) is 0.820. The predicted molar refractivity (Wildman–Crippen MR) is 76.4 cm³/mol. The van der Waals surface area contributed by atoms with E-state index in [1.807, 2.05) is 0 Å². The summed E-state index contributed by atoms with van der Waals surface area (Å²) in [5, 5.41) is 9.26. The average molecular weight is 313 g/mol. The molecule has 1 aromatic rings. The Morgan fingerprint density at radius 3 is 2.62 bits per heavy atom. The summed E-state index contributed by atoms with van der Waals surface area (Å²) in [5.74, 6) is -0.476. The standard InChI is InChI=1S/C14H19NO5S/c1-2-20-14(17)11-5-7-13(8-6-11)21(18,19)15-9-3-4-12(15)10-16/h5-8,12,16H,2-4,9-10H2,1H3. The molecule has 1 heterocycles. The van der Waals surface area contributed by atoms with Gasteiger partial charge in [0, 0.05) is 12.6 Å². The second kappa shape index (κ2) is 6.55. The first-order valence-corrected chi connectivity index (χ1v) is 8.34. The molecule has 1 saturated heterocycles.